The summed E-state index contributed by atoms with van der Waals surface area (Å²) in [6.07, 6.45) is 2.22. The van der Waals surface area contributed by atoms with Crippen molar-refractivity contribution in [3.8, 4) is 17.4 Å². The van der Waals surface area contributed by atoms with Crippen LogP contribution in [0.3, 0.4) is 0 Å². The van der Waals surface area contributed by atoms with E-state index in [0.29, 0.717) is 22.4 Å². The molecule has 1 aromatic heterocycles. The second-order valence-corrected chi connectivity index (χ2v) is 10.8. The third-order valence-corrected chi connectivity index (χ3v) is 8.18. The summed E-state index contributed by atoms with van der Waals surface area (Å²) in [4.78, 5) is 9.72. The molecule has 0 saturated heterocycles. The second kappa shape index (κ2) is 9.44. The van der Waals surface area contributed by atoms with E-state index >= 15 is 0 Å². The van der Waals surface area contributed by atoms with E-state index in [1.807, 2.05) is 48.2 Å². The number of pyridine rings is 1. The number of rotatable bonds is 3. The Kier molecular flexibility index (Phi) is 6.50. The van der Waals surface area contributed by atoms with E-state index in [4.69, 9.17) is 9.73 Å². The molecular weight excluding hydrogens is 635 g/mol. The number of hydrogen-bond acceptors (Lipinski definition) is 5. The van der Waals surface area contributed by atoms with Gasteiger partial charge in [0.1, 0.15) is 11.3 Å². The van der Waals surface area contributed by atoms with Gasteiger partial charge in [-0.15, -0.1) is 35.5 Å². The number of phenolic OH excluding ortho intramolecular Hbond substituents is 1. The Morgan fingerprint density at radius 2 is 1.83 bits per heavy atom. The molecule has 0 saturated carbocycles. The summed E-state index contributed by atoms with van der Waals surface area (Å²) >= 11 is 1.84. The van der Waals surface area contributed by atoms with Gasteiger partial charge in [-0.05, 0) is 41.5 Å². The molecule has 4 nitrogen and oxygen atoms in total. The molecule has 2 heterocycles. The molecule has 0 unspecified atom stereocenters. The van der Waals surface area contributed by atoms with Crippen molar-refractivity contribution in [1.82, 2.24) is 4.98 Å². The Labute approximate surface area is 224 Å². The van der Waals surface area contributed by atoms with Gasteiger partial charge >= 0.3 is 0 Å². The van der Waals surface area contributed by atoms with E-state index in [0.717, 1.165) is 28.8 Å². The molecular formula is C29H25N2O2PtS-. The van der Waals surface area contributed by atoms with Crippen LogP contribution in [-0.2, 0) is 27.5 Å². The van der Waals surface area contributed by atoms with Gasteiger partial charge < -0.3 is 14.8 Å². The van der Waals surface area contributed by atoms with Crippen LogP contribution in [0.15, 0.2) is 77.8 Å². The fourth-order valence-corrected chi connectivity index (χ4v) is 6.50. The van der Waals surface area contributed by atoms with Crippen molar-refractivity contribution in [3.63, 3.8) is 0 Å². The number of aromatic hydroxyl groups is 1. The first kappa shape index (κ1) is 24.1. The Morgan fingerprint density at radius 3 is 2.71 bits per heavy atom. The summed E-state index contributed by atoms with van der Waals surface area (Å²) in [5.74, 6) is 1.14. The maximum atomic E-state index is 10.1. The second-order valence-electron chi connectivity index (χ2n) is 9.63. The molecule has 1 aliphatic heterocycles. The van der Waals surface area contributed by atoms with Gasteiger partial charge in [0.05, 0.1) is 6.04 Å². The van der Waals surface area contributed by atoms with Gasteiger partial charge in [0.2, 0.25) is 5.88 Å². The number of thioether (sulfide) groups is 1. The monoisotopic (exact) mass is 660 g/mol. The standard InChI is InChI=1S/C29H25N2O2S.Pt/c1-29(2)16-15-18-7-3-4-11-22(18)26-27(29)31-28(34-26)20-9-5-10-21(17-20)33-24-14-13-19-8-6-12-23(32)25(19)30-24;/h3-14,26-27,32H,15-16H2,1-2H3;/q-1;/t26-,27-;/m1./s1. The molecule has 1 aliphatic carbocycles. The number of phenols is 1. The number of fused-ring (bicyclic) bond motifs is 4. The first-order valence-electron chi connectivity index (χ1n) is 11.6. The summed E-state index contributed by atoms with van der Waals surface area (Å²) in [5.41, 5.74) is 4.43. The number of aromatic nitrogens is 1. The molecule has 2 atom stereocenters. The number of hydrogen-bond donors (Lipinski definition) is 1. The average molecular weight is 661 g/mol. The topological polar surface area (TPSA) is 54.7 Å². The van der Waals surface area contributed by atoms with E-state index in [-0.39, 0.29) is 38.3 Å². The molecule has 0 bridgehead atoms. The predicted molar refractivity (Wildman–Crippen MR) is 138 cm³/mol. The number of aryl methyl sites for hydroxylation is 1. The average Bonchev–Trinajstić information content (AvgIpc) is 3.27. The van der Waals surface area contributed by atoms with Crippen LogP contribution in [0.25, 0.3) is 10.9 Å². The van der Waals surface area contributed by atoms with Gasteiger partial charge in [-0.1, -0.05) is 56.3 Å². The third kappa shape index (κ3) is 4.52. The minimum atomic E-state index is 0. The molecule has 35 heavy (non-hydrogen) atoms. The first-order valence-corrected chi connectivity index (χ1v) is 12.5. The summed E-state index contributed by atoms with van der Waals surface area (Å²) < 4.78 is 6.04. The summed E-state index contributed by atoms with van der Waals surface area (Å²) in [6, 6.07) is 27.4. The molecule has 180 valence electrons. The van der Waals surface area contributed by atoms with E-state index in [1.165, 1.54) is 11.1 Å². The molecule has 6 heteroatoms. The van der Waals surface area contributed by atoms with Crippen LogP contribution >= 0.6 is 11.8 Å². The van der Waals surface area contributed by atoms with Gasteiger partial charge in [-0.25, -0.2) is 4.98 Å². The number of para-hydroxylation sites is 1. The van der Waals surface area contributed by atoms with Gasteiger partial charge in [0.15, 0.2) is 0 Å². The van der Waals surface area contributed by atoms with Crippen LogP contribution in [0.5, 0.6) is 17.4 Å². The quantitative estimate of drug-likeness (QED) is 0.238. The maximum absolute atomic E-state index is 10.1. The van der Waals surface area contributed by atoms with E-state index < -0.39 is 0 Å². The zero-order valence-corrected chi connectivity index (χ0v) is 22.6. The number of ether oxygens (including phenoxy) is 1. The van der Waals surface area contributed by atoms with Gasteiger partial charge in [-0.3, -0.25) is 0 Å². The zero-order chi connectivity index (χ0) is 23.3. The fraction of sp³-hybridized carbons (Fsp3) is 0.241. The summed E-state index contributed by atoms with van der Waals surface area (Å²) in [5, 5.41) is 12.3. The van der Waals surface area contributed by atoms with Crippen molar-refractivity contribution in [1.29, 1.82) is 0 Å². The molecule has 2 aliphatic rings. The molecule has 6 rings (SSSR count). The fourth-order valence-electron chi connectivity index (χ4n) is 4.92. The van der Waals surface area contributed by atoms with Crippen molar-refractivity contribution in [2.75, 3.05) is 0 Å². The Hall–Kier alpha value is -2.62. The van der Waals surface area contributed by atoms with Crippen LogP contribution in [0.4, 0.5) is 0 Å². The van der Waals surface area contributed by atoms with Crippen molar-refractivity contribution in [2.45, 2.75) is 38.0 Å². The van der Waals surface area contributed by atoms with Crippen LogP contribution in [-0.4, -0.2) is 21.2 Å². The molecule has 0 fully saturated rings. The minimum Gasteiger partial charge on any atom is -0.506 e. The largest absolute Gasteiger partial charge is 0.506 e. The maximum Gasteiger partial charge on any atom is 0.217 e. The molecule has 1 N–H and O–H groups in total. The SMILES string of the molecule is CC1(C)CCc2ccccc2[C@H]2SC(c3[c-]c(Oc4ccc5cccc(O)c5n4)ccc3)=N[C@H]21.[Pt]. The Morgan fingerprint density at radius 1 is 1.00 bits per heavy atom. The van der Waals surface area contributed by atoms with Crippen molar-refractivity contribution in [3.05, 3.63) is 95.6 Å². The van der Waals surface area contributed by atoms with Crippen LogP contribution < -0.4 is 4.74 Å². The van der Waals surface area contributed by atoms with Crippen molar-refractivity contribution >= 4 is 27.7 Å². The summed E-state index contributed by atoms with van der Waals surface area (Å²) in [7, 11) is 0. The first-order chi connectivity index (χ1) is 16.5. The minimum absolute atomic E-state index is 0. The van der Waals surface area contributed by atoms with Crippen molar-refractivity contribution < 1.29 is 30.9 Å². The molecule has 0 amide bonds. The smallest absolute Gasteiger partial charge is 0.217 e. The van der Waals surface area contributed by atoms with Crippen LogP contribution in [0.1, 0.15) is 42.2 Å². The number of nitrogens with zero attached hydrogens (tertiary/aromatic N) is 2. The van der Waals surface area contributed by atoms with Gasteiger partial charge in [0, 0.05) is 48.6 Å². The normalized spacial score (nSPS) is 20.2. The number of benzene rings is 3. The van der Waals surface area contributed by atoms with Gasteiger partial charge in [0.25, 0.3) is 0 Å². The van der Waals surface area contributed by atoms with E-state index in [2.05, 4.69) is 49.2 Å². The molecule has 0 spiro atoms. The zero-order valence-electron chi connectivity index (χ0n) is 19.5. The Balaban J connectivity index is 0.00000253. The van der Waals surface area contributed by atoms with E-state index in [1.54, 1.807) is 12.1 Å². The third-order valence-electron chi connectivity index (χ3n) is 6.87. The number of aliphatic imine (C=N–C) groups is 1. The van der Waals surface area contributed by atoms with Crippen LogP contribution in [0.2, 0.25) is 0 Å². The molecule has 0 radical (unpaired) electrons. The Bertz CT molecular complexity index is 1440. The molecule has 3 aromatic carbocycles. The summed E-state index contributed by atoms with van der Waals surface area (Å²) in [6.45, 7) is 4.68. The van der Waals surface area contributed by atoms with Crippen molar-refractivity contribution in [2.24, 2.45) is 10.4 Å². The predicted octanol–water partition coefficient (Wildman–Crippen LogP) is 7.11. The van der Waals surface area contributed by atoms with Crippen LogP contribution in [0, 0.1) is 11.5 Å². The van der Waals surface area contributed by atoms with E-state index in [9.17, 15) is 5.11 Å². The molecule has 4 aromatic rings. The van der Waals surface area contributed by atoms with Gasteiger partial charge in [-0.2, -0.15) is 0 Å².